The first-order valence-electron chi connectivity index (χ1n) is 8.77. The summed E-state index contributed by atoms with van der Waals surface area (Å²) in [4.78, 5) is 12.7. The molecule has 134 valence electrons. The molecule has 0 bridgehead atoms. The molecule has 0 saturated heterocycles. The average Bonchev–Trinajstić information content (AvgIpc) is 2.60. The molecule has 24 heavy (non-hydrogen) atoms. The molecule has 0 unspecified atom stereocenters. The molecular weight excluding hydrogens is 306 g/mol. The number of hydrogen-bond donors (Lipinski definition) is 1. The Labute approximate surface area is 144 Å². The Balaban J connectivity index is 1.91. The summed E-state index contributed by atoms with van der Waals surface area (Å²) in [5, 5.41) is 2.98. The summed E-state index contributed by atoms with van der Waals surface area (Å²) in [6.07, 6.45) is 3.73. The van der Waals surface area contributed by atoms with E-state index in [4.69, 9.17) is 14.2 Å². The van der Waals surface area contributed by atoms with Crippen LogP contribution in [0, 0.1) is 5.92 Å². The van der Waals surface area contributed by atoms with Gasteiger partial charge < -0.3 is 19.5 Å². The van der Waals surface area contributed by atoms with Crippen molar-refractivity contribution in [2.24, 2.45) is 5.92 Å². The molecular formula is C19H29NO4. The zero-order chi connectivity index (χ0) is 17.4. The molecule has 1 aliphatic rings. The molecule has 1 amide bonds. The molecule has 5 nitrogen and oxygen atoms in total. The fraction of sp³-hybridized carbons (Fsp3) is 0.632. The Bertz CT molecular complexity index is 517. The average molecular weight is 335 g/mol. The van der Waals surface area contributed by atoms with Crippen LogP contribution in [0.2, 0.25) is 0 Å². The summed E-state index contributed by atoms with van der Waals surface area (Å²) in [6.45, 7) is 5.91. The van der Waals surface area contributed by atoms with Crippen LogP contribution in [0.25, 0.3) is 0 Å². The Hall–Kier alpha value is -1.59. The van der Waals surface area contributed by atoms with E-state index in [1.54, 1.807) is 7.11 Å². The van der Waals surface area contributed by atoms with Gasteiger partial charge in [0.15, 0.2) is 0 Å². The van der Waals surface area contributed by atoms with Gasteiger partial charge in [0.05, 0.1) is 6.61 Å². The van der Waals surface area contributed by atoms with E-state index in [-0.39, 0.29) is 5.91 Å². The molecule has 0 spiro atoms. The van der Waals surface area contributed by atoms with Crippen LogP contribution in [0.3, 0.4) is 0 Å². The van der Waals surface area contributed by atoms with Crippen molar-refractivity contribution in [3.63, 3.8) is 0 Å². The number of carbonyl (C=O) groups excluding carboxylic acids is 1. The van der Waals surface area contributed by atoms with Crippen LogP contribution < -0.4 is 10.1 Å². The van der Waals surface area contributed by atoms with Crippen molar-refractivity contribution in [2.45, 2.75) is 45.1 Å². The minimum atomic E-state index is -0.704. The van der Waals surface area contributed by atoms with E-state index in [9.17, 15) is 4.79 Å². The predicted octanol–water partition coefficient (Wildman–Crippen LogP) is 3.64. The smallest absolute Gasteiger partial charge is 0.256 e. The number of ether oxygens (including phenoxy) is 3. The van der Waals surface area contributed by atoms with Gasteiger partial charge in [-0.1, -0.05) is 13.3 Å². The van der Waals surface area contributed by atoms with Gasteiger partial charge in [0.25, 0.3) is 5.91 Å². The monoisotopic (exact) mass is 335 g/mol. The van der Waals surface area contributed by atoms with E-state index in [2.05, 4.69) is 12.2 Å². The number of rotatable bonds is 8. The van der Waals surface area contributed by atoms with Gasteiger partial charge in [-0.15, -0.1) is 0 Å². The van der Waals surface area contributed by atoms with Crippen LogP contribution in [0.15, 0.2) is 24.3 Å². The van der Waals surface area contributed by atoms with Gasteiger partial charge in [-0.3, -0.25) is 4.79 Å². The summed E-state index contributed by atoms with van der Waals surface area (Å²) in [5.74, 6) is 1.22. The standard InChI is InChI=1S/C19H29NO4/c1-4-23-12-13-24-17-9-7-16(8-10-17)20-18(21)19(22-3)11-5-6-15(2)14-19/h7-10,15H,4-6,11-14H2,1-3H3,(H,20,21)/t15-,19-/m0/s1. The largest absolute Gasteiger partial charge is 0.491 e. The summed E-state index contributed by atoms with van der Waals surface area (Å²) in [5.41, 5.74) is 0.0523. The zero-order valence-electron chi connectivity index (χ0n) is 15.0. The maximum absolute atomic E-state index is 12.7. The molecule has 0 radical (unpaired) electrons. The SMILES string of the molecule is CCOCCOc1ccc(NC(=O)[C@]2(OC)CCC[C@H](C)C2)cc1. The van der Waals surface area contributed by atoms with Crippen LogP contribution in [0.5, 0.6) is 5.75 Å². The Morgan fingerprint density at radius 3 is 2.67 bits per heavy atom. The molecule has 0 heterocycles. The van der Waals surface area contributed by atoms with E-state index in [1.165, 1.54) is 0 Å². The van der Waals surface area contributed by atoms with Gasteiger partial charge in [-0.05, 0) is 56.4 Å². The molecule has 2 rings (SSSR count). The molecule has 1 fully saturated rings. The van der Waals surface area contributed by atoms with E-state index in [0.717, 1.165) is 37.1 Å². The van der Waals surface area contributed by atoms with Gasteiger partial charge in [-0.25, -0.2) is 0 Å². The lowest BCUT2D eigenvalue weighted by atomic mass is 9.78. The normalized spacial score (nSPS) is 23.7. The fourth-order valence-electron chi connectivity index (χ4n) is 3.23. The lowest BCUT2D eigenvalue weighted by Gasteiger charge is -2.37. The molecule has 1 aromatic carbocycles. The van der Waals surface area contributed by atoms with E-state index < -0.39 is 5.60 Å². The van der Waals surface area contributed by atoms with Crippen molar-refractivity contribution in [1.29, 1.82) is 0 Å². The number of amides is 1. The second-order valence-electron chi connectivity index (χ2n) is 6.42. The van der Waals surface area contributed by atoms with Crippen LogP contribution >= 0.6 is 0 Å². The third-order valence-electron chi connectivity index (χ3n) is 4.57. The van der Waals surface area contributed by atoms with Crippen molar-refractivity contribution in [3.05, 3.63) is 24.3 Å². The van der Waals surface area contributed by atoms with Gasteiger partial charge in [-0.2, -0.15) is 0 Å². The summed E-state index contributed by atoms with van der Waals surface area (Å²) in [7, 11) is 1.63. The van der Waals surface area contributed by atoms with Crippen molar-refractivity contribution >= 4 is 11.6 Å². The second-order valence-corrected chi connectivity index (χ2v) is 6.42. The van der Waals surface area contributed by atoms with Crippen LogP contribution in [0.4, 0.5) is 5.69 Å². The number of benzene rings is 1. The van der Waals surface area contributed by atoms with Gasteiger partial charge >= 0.3 is 0 Å². The second kappa shape index (κ2) is 9.04. The Morgan fingerprint density at radius 1 is 1.29 bits per heavy atom. The molecule has 0 aromatic heterocycles. The number of carbonyl (C=O) groups is 1. The third kappa shape index (κ3) is 4.95. The maximum Gasteiger partial charge on any atom is 0.256 e. The molecule has 5 heteroatoms. The van der Waals surface area contributed by atoms with Crippen molar-refractivity contribution in [2.75, 3.05) is 32.2 Å². The van der Waals surface area contributed by atoms with Crippen molar-refractivity contribution in [1.82, 2.24) is 0 Å². The number of methoxy groups -OCH3 is 1. The molecule has 1 aromatic rings. The van der Waals surface area contributed by atoms with Crippen molar-refractivity contribution in [3.8, 4) is 5.75 Å². The lowest BCUT2D eigenvalue weighted by Crippen LogP contribution is -2.47. The molecule has 0 aliphatic heterocycles. The molecule has 1 aliphatic carbocycles. The first kappa shape index (κ1) is 18.7. The molecule has 2 atom stereocenters. The van der Waals surface area contributed by atoms with Crippen molar-refractivity contribution < 1.29 is 19.0 Å². The number of nitrogens with one attached hydrogen (secondary N) is 1. The first-order valence-corrected chi connectivity index (χ1v) is 8.77. The van der Waals surface area contributed by atoms with Gasteiger partial charge in [0.1, 0.15) is 18.0 Å². The highest BCUT2D eigenvalue weighted by Gasteiger charge is 2.41. The van der Waals surface area contributed by atoms with E-state index in [0.29, 0.717) is 25.7 Å². The highest BCUT2D eigenvalue weighted by atomic mass is 16.5. The third-order valence-corrected chi connectivity index (χ3v) is 4.57. The predicted molar refractivity (Wildman–Crippen MR) is 94.4 cm³/mol. The topological polar surface area (TPSA) is 56.8 Å². The first-order chi connectivity index (χ1) is 11.6. The summed E-state index contributed by atoms with van der Waals surface area (Å²) < 4.78 is 16.4. The number of hydrogen-bond acceptors (Lipinski definition) is 4. The van der Waals surface area contributed by atoms with Gasteiger partial charge in [0.2, 0.25) is 0 Å². The number of anilines is 1. The van der Waals surface area contributed by atoms with Gasteiger partial charge in [0, 0.05) is 19.4 Å². The fourth-order valence-corrected chi connectivity index (χ4v) is 3.23. The maximum atomic E-state index is 12.7. The minimum absolute atomic E-state index is 0.0541. The van der Waals surface area contributed by atoms with Crippen LogP contribution in [-0.2, 0) is 14.3 Å². The molecule has 1 N–H and O–H groups in total. The Morgan fingerprint density at radius 2 is 2.04 bits per heavy atom. The van der Waals surface area contributed by atoms with E-state index >= 15 is 0 Å². The zero-order valence-corrected chi connectivity index (χ0v) is 15.0. The molecule has 1 saturated carbocycles. The quantitative estimate of drug-likeness (QED) is 0.737. The highest BCUT2D eigenvalue weighted by molar-refractivity contribution is 5.97. The highest BCUT2D eigenvalue weighted by Crippen LogP contribution is 2.35. The summed E-state index contributed by atoms with van der Waals surface area (Å²) >= 11 is 0. The van der Waals surface area contributed by atoms with Crippen LogP contribution in [-0.4, -0.2) is 38.4 Å². The van der Waals surface area contributed by atoms with E-state index in [1.807, 2.05) is 31.2 Å². The Kier molecular flexibility index (Phi) is 7.06. The lowest BCUT2D eigenvalue weighted by molar-refractivity contribution is -0.143. The summed E-state index contributed by atoms with van der Waals surface area (Å²) in [6, 6.07) is 7.40. The minimum Gasteiger partial charge on any atom is -0.491 e. The van der Waals surface area contributed by atoms with Crippen LogP contribution in [0.1, 0.15) is 39.5 Å².